The Hall–Kier alpha value is -2.83. The average molecular weight is 485 g/mol. The first-order valence-electron chi connectivity index (χ1n) is 12.6. The molecule has 1 unspecified atom stereocenters. The standard InChI is InChI=1S/C28H31F3N2O2/c29-28(30,31)22-12-10-19(11-13-22)17-32-18-21(16-26(32)34)27(35)33-15-14-23(20-6-2-1-3-7-20)24-8-4-5-9-25(24)33/h1-3,6-7,10-13,21,23-25H,4-5,8-9,14-18H2/t21?,23-,24-,25-/m1/s1. The van der Waals surface area contributed by atoms with Gasteiger partial charge in [0.15, 0.2) is 0 Å². The molecule has 2 saturated heterocycles. The molecule has 3 aliphatic rings. The molecule has 186 valence electrons. The fourth-order valence-electron chi connectivity index (χ4n) is 6.39. The molecule has 4 nitrogen and oxygen atoms in total. The molecule has 0 aromatic heterocycles. The number of carbonyl (C=O) groups is 2. The second-order valence-corrected chi connectivity index (χ2v) is 10.2. The zero-order chi connectivity index (χ0) is 24.6. The first kappa shape index (κ1) is 23.9. The molecule has 1 saturated carbocycles. The highest BCUT2D eigenvalue weighted by Crippen LogP contribution is 2.44. The predicted octanol–water partition coefficient (Wildman–Crippen LogP) is 5.63. The van der Waals surface area contributed by atoms with Gasteiger partial charge in [-0.1, -0.05) is 55.3 Å². The summed E-state index contributed by atoms with van der Waals surface area (Å²) in [6.07, 6.45) is 1.17. The number of amides is 2. The Labute approximate surface area is 204 Å². The van der Waals surface area contributed by atoms with E-state index >= 15 is 0 Å². The van der Waals surface area contributed by atoms with E-state index in [1.807, 2.05) is 6.07 Å². The third kappa shape index (κ3) is 4.95. The molecule has 2 aliphatic heterocycles. The summed E-state index contributed by atoms with van der Waals surface area (Å²) < 4.78 is 38.5. The number of hydrogen-bond acceptors (Lipinski definition) is 2. The van der Waals surface area contributed by atoms with Gasteiger partial charge in [-0.3, -0.25) is 9.59 Å². The van der Waals surface area contributed by atoms with Crippen LogP contribution in [0.5, 0.6) is 0 Å². The van der Waals surface area contributed by atoms with Gasteiger partial charge in [-0.25, -0.2) is 0 Å². The molecule has 3 fully saturated rings. The Kier molecular flexibility index (Phi) is 6.60. The van der Waals surface area contributed by atoms with Gasteiger partial charge in [-0.15, -0.1) is 0 Å². The van der Waals surface area contributed by atoms with Gasteiger partial charge < -0.3 is 9.80 Å². The molecule has 2 heterocycles. The number of likely N-dealkylation sites (tertiary alicyclic amines) is 2. The van der Waals surface area contributed by atoms with Crippen LogP contribution in [-0.2, 0) is 22.3 Å². The van der Waals surface area contributed by atoms with Crippen molar-refractivity contribution >= 4 is 11.8 Å². The molecule has 5 rings (SSSR count). The predicted molar refractivity (Wildman–Crippen MR) is 126 cm³/mol. The van der Waals surface area contributed by atoms with E-state index in [-0.39, 0.29) is 36.7 Å². The lowest BCUT2D eigenvalue weighted by molar-refractivity contribution is -0.142. The minimum Gasteiger partial charge on any atom is -0.339 e. The van der Waals surface area contributed by atoms with Gasteiger partial charge in [0.1, 0.15) is 0 Å². The van der Waals surface area contributed by atoms with Crippen LogP contribution >= 0.6 is 0 Å². The van der Waals surface area contributed by atoms with Crippen molar-refractivity contribution in [3.63, 3.8) is 0 Å². The minimum atomic E-state index is -4.38. The zero-order valence-corrected chi connectivity index (χ0v) is 19.7. The van der Waals surface area contributed by atoms with Crippen LogP contribution < -0.4 is 0 Å². The smallest absolute Gasteiger partial charge is 0.339 e. The van der Waals surface area contributed by atoms with Gasteiger partial charge >= 0.3 is 6.18 Å². The Morgan fingerprint density at radius 2 is 1.66 bits per heavy atom. The van der Waals surface area contributed by atoms with Crippen LogP contribution in [0.15, 0.2) is 54.6 Å². The van der Waals surface area contributed by atoms with Crippen LogP contribution in [0.2, 0.25) is 0 Å². The van der Waals surface area contributed by atoms with Gasteiger partial charge in [0, 0.05) is 32.1 Å². The van der Waals surface area contributed by atoms with Gasteiger partial charge in [-0.2, -0.15) is 13.2 Å². The van der Waals surface area contributed by atoms with Crippen molar-refractivity contribution in [1.29, 1.82) is 0 Å². The Bertz CT molecular complexity index is 1050. The summed E-state index contributed by atoms with van der Waals surface area (Å²) in [6, 6.07) is 15.7. The molecule has 0 spiro atoms. The van der Waals surface area contributed by atoms with Crippen LogP contribution in [0, 0.1) is 11.8 Å². The van der Waals surface area contributed by atoms with E-state index in [2.05, 4.69) is 29.2 Å². The number of hydrogen-bond donors (Lipinski definition) is 0. The fourth-order valence-corrected chi connectivity index (χ4v) is 6.39. The van der Waals surface area contributed by atoms with E-state index in [0.717, 1.165) is 37.8 Å². The molecule has 2 aromatic rings. The molecule has 2 aromatic carbocycles. The van der Waals surface area contributed by atoms with E-state index in [1.165, 1.54) is 24.1 Å². The maximum atomic E-state index is 13.6. The Morgan fingerprint density at radius 1 is 0.943 bits per heavy atom. The lowest BCUT2D eigenvalue weighted by Gasteiger charge is -2.49. The third-order valence-electron chi connectivity index (χ3n) is 8.11. The SMILES string of the molecule is O=C1CC(C(=O)N2CC[C@H](c3ccccc3)[C@H]3CCCC[C@H]32)CN1Cc1ccc(C(F)(F)F)cc1. The minimum absolute atomic E-state index is 0.0664. The highest BCUT2D eigenvalue weighted by Gasteiger charge is 2.45. The van der Waals surface area contributed by atoms with E-state index in [1.54, 1.807) is 4.90 Å². The van der Waals surface area contributed by atoms with Crippen LogP contribution in [0.1, 0.15) is 61.1 Å². The number of rotatable bonds is 4. The highest BCUT2D eigenvalue weighted by atomic mass is 19.4. The van der Waals surface area contributed by atoms with Crippen molar-refractivity contribution in [1.82, 2.24) is 9.80 Å². The quantitative estimate of drug-likeness (QED) is 0.565. The van der Waals surface area contributed by atoms with Crippen molar-refractivity contribution < 1.29 is 22.8 Å². The third-order valence-corrected chi connectivity index (χ3v) is 8.11. The van der Waals surface area contributed by atoms with Crippen LogP contribution in [0.3, 0.4) is 0 Å². The second kappa shape index (κ2) is 9.67. The number of piperidine rings is 1. The van der Waals surface area contributed by atoms with Gasteiger partial charge in [0.2, 0.25) is 11.8 Å². The molecule has 4 atom stereocenters. The highest BCUT2D eigenvalue weighted by molar-refractivity contribution is 5.89. The van der Waals surface area contributed by atoms with E-state index in [9.17, 15) is 22.8 Å². The number of carbonyl (C=O) groups excluding carboxylic acids is 2. The maximum absolute atomic E-state index is 13.6. The molecule has 0 N–H and O–H groups in total. The number of benzene rings is 2. The van der Waals surface area contributed by atoms with Crippen LogP contribution in [-0.4, -0.2) is 40.7 Å². The number of alkyl halides is 3. The van der Waals surface area contributed by atoms with Crippen molar-refractivity contribution in [3.8, 4) is 0 Å². The first-order valence-corrected chi connectivity index (χ1v) is 12.6. The monoisotopic (exact) mass is 484 g/mol. The zero-order valence-electron chi connectivity index (χ0n) is 19.7. The molecule has 1 aliphatic carbocycles. The van der Waals surface area contributed by atoms with Crippen molar-refractivity contribution in [2.24, 2.45) is 11.8 Å². The first-order chi connectivity index (χ1) is 16.8. The molecule has 2 amide bonds. The van der Waals surface area contributed by atoms with Crippen molar-refractivity contribution in [2.45, 2.75) is 63.2 Å². The Balaban J connectivity index is 1.25. The van der Waals surface area contributed by atoms with E-state index in [0.29, 0.717) is 30.5 Å². The lowest BCUT2D eigenvalue weighted by atomic mass is 9.69. The molecule has 0 bridgehead atoms. The summed E-state index contributed by atoms with van der Waals surface area (Å²) >= 11 is 0. The summed E-state index contributed by atoms with van der Waals surface area (Å²) in [4.78, 5) is 30.0. The topological polar surface area (TPSA) is 40.6 Å². The molecule has 7 heteroatoms. The lowest BCUT2D eigenvalue weighted by Crippen LogP contribution is -2.54. The molecular formula is C28H31F3N2O2. The summed E-state index contributed by atoms with van der Waals surface area (Å²) in [7, 11) is 0. The van der Waals surface area contributed by atoms with Crippen LogP contribution in [0.4, 0.5) is 13.2 Å². The molecule has 0 radical (unpaired) electrons. The van der Waals surface area contributed by atoms with E-state index < -0.39 is 11.7 Å². The largest absolute Gasteiger partial charge is 0.416 e. The maximum Gasteiger partial charge on any atom is 0.416 e. The summed E-state index contributed by atoms with van der Waals surface area (Å²) in [5.41, 5.74) is 1.29. The van der Waals surface area contributed by atoms with Gasteiger partial charge in [0.25, 0.3) is 0 Å². The van der Waals surface area contributed by atoms with Gasteiger partial charge in [0.05, 0.1) is 11.5 Å². The number of nitrogens with zero attached hydrogens (tertiary/aromatic N) is 2. The van der Waals surface area contributed by atoms with Crippen LogP contribution in [0.25, 0.3) is 0 Å². The molecular weight excluding hydrogens is 453 g/mol. The van der Waals surface area contributed by atoms with Gasteiger partial charge in [-0.05, 0) is 54.4 Å². The average Bonchev–Trinajstić information content (AvgIpc) is 3.23. The van der Waals surface area contributed by atoms with E-state index in [4.69, 9.17) is 0 Å². The summed E-state index contributed by atoms with van der Waals surface area (Å²) in [5.74, 6) is 0.489. The Morgan fingerprint density at radius 3 is 2.37 bits per heavy atom. The summed E-state index contributed by atoms with van der Waals surface area (Å²) in [5, 5.41) is 0. The number of fused-ring (bicyclic) bond motifs is 1. The molecule has 35 heavy (non-hydrogen) atoms. The fraction of sp³-hybridized carbons (Fsp3) is 0.500. The van der Waals surface area contributed by atoms with Crippen molar-refractivity contribution in [2.75, 3.05) is 13.1 Å². The second-order valence-electron chi connectivity index (χ2n) is 10.2. The summed E-state index contributed by atoms with van der Waals surface area (Å²) in [6.45, 7) is 1.26. The number of halogens is 3. The van der Waals surface area contributed by atoms with Crippen molar-refractivity contribution in [3.05, 3.63) is 71.3 Å². The normalized spacial score (nSPS) is 27.1.